The SMILES string of the molecule is COc1cccc(C(=O)N(CC(=O)N2CCN(c3ccc(-c4ccc(OC)c(OC)c4)nn3)CC2)CC(C)C)c1. The minimum atomic E-state index is -0.176. The summed E-state index contributed by atoms with van der Waals surface area (Å²) in [6.07, 6.45) is 0. The molecule has 1 saturated heterocycles. The summed E-state index contributed by atoms with van der Waals surface area (Å²) in [5.74, 6) is 2.63. The van der Waals surface area contributed by atoms with Gasteiger partial charge in [0.1, 0.15) is 12.3 Å². The van der Waals surface area contributed by atoms with Gasteiger partial charge in [-0.2, -0.15) is 0 Å². The van der Waals surface area contributed by atoms with E-state index in [0.29, 0.717) is 55.5 Å². The second-order valence-corrected chi connectivity index (χ2v) is 10.0. The van der Waals surface area contributed by atoms with Gasteiger partial charge in [-0.15, -0.1) is 10.2 Å². The van der Waals surface area contributed by atoms with E-state index < -0.39 is 0 Å². The zero-order valence-corrected chi connectivity index (χ0v) is 23.8. The maximum atomic E-state index is 13.3. The molecule has 0 radical (unpaired) electrons. The Hall–Kier alpha value is -4.34. The Kier molecular flexibility index (Phi) is 9.42. The fourth-order valence-electron chi connectivity index (χ4n) is 4.69. The number of hydrogen-bond acceptors (Lipinski definition) is 8. The molecule has 2 heterocycles. The number of carbonyl (C=O) groups excluding carboxylic acids is 2. The number of anilines is 1. The summed E-state index contributed by atoms with van der Waals surface area (Å²) in [5, 5.41) is 8.85. The van der Waals surface area contributed by atoms with Crippen LogP contribution in [-0.4, -0.2) is 92.4 Å². The molecule has 2 amide bonds. The molecule has 10 heteroatoms. The van der Waals surface area contributed by atoms with Crippen LogP contribution in [0.4, 0.5) is 5.82 Å². The highest BCUT2D eigenvalue weighted by atomic mass is 16.5. The van der Waals surface area contributed by atoms with Crippen LogP contribution in [0.5, 0.6) is 17.2 Å². The first-order valence-corrected chi connectivity index (χ1v) is 13.3. The van der Waals surface area contributed by atoms with Gasteiger partial charge >= 0.3 is 0 Å². The summed E-state index contributed by atoms with van der Waals surface area (Å²) < 4.78 is 16.0. The number of benzene rings is 2. The first-order chi connectivity index (χ1) is 19.3. The van der Waals surface area contributed by atoms with Gasteiger partial charge in [-0.3, -0.25) is 9.59 Å². The first kappa shape index (κ1) is 28.7. The minimum Gasteiger partial charge on any atom is -0.497 e. The van der Waals surface area contributed by atoms with Crippen molar-refractivity contribution in [2.75, 3.05) is 65.5 Å². The molecule has 1 aliphatic heterocycles. The summed E-state index contributed by atoms with van der Waals surface area (Å²) in [7, 11) is 4.77. The molecule has 0 atom stereocenters. The molecule has 212 valence electrons. The summed E-state index contributed by atoms with van der Waals surface area (Å²) >= 11 is 0. The van der Waals surface area contributed by atoms with Crippen molar-refractivity contribution in [1.29, 1.82) is 0 Å². The Morgan fingerprint density at radius 1 is 0.875 bits per heavy atom. The van der Waals surface area contributed by atoms with Crippen LogP contribution in [-0.2, 0) is 4.79 Å². The van der Waals surface area contributed by atoms with Crippen LogP contribution in [0, 0.1) is 5.92 Å². The standard InChI is InChI=1S/C30H37N5O5/c1-21(2)19-35(30(37)23-7-6-8-24(17-23)38-3)20-29(36)34-15-13-33(14-16-34)28-12-10-25(31-32-28)22-9-11-26(39-4)27(18-22)40-5/h6-12,17-18,21H,13-16,19-20H2,1-5H3. The van der Waals surface area contributed by atoms with Crippen molar-refractivity contribution in [3.05, 3.63) is 60.2 Å². The van der Waals surface area contributed by atoms with E-state index in [4.69, 9.17) is 14.2 Å². The summed E-state index contributed by atoms with van der Waals surface area (Å²) in [5.41, 5.74) is 2.11. The third kappa shape index (κ3) is 6.80. The van der Waals surface area contributed by atoms with Gasteiger partial charge in [-0.25, -0.2) is 0 Å². The number of carbonyl (C=O) groups is 2. The van der Waals surface area contributed by atoms with Crippen LogP contribution < -0.4 is 19.1 Å². The summed E-state index contributed by atoms with van der Waals surface area (Å²) in [4.78, 5) is 32.1. The average molecular weight is 548 g/mol. The van der Waals surface area contributed by atoms with E-state index >= 15 is 0 Å². The number of hydrogen-bond donors (Lipinski definition) is 0. The third-order valence-electron chi connectivity index (χ3n) is 6.80. The molecule has 10 nitrogen and oxygen atoms in total. The number of amides is 2. The number of methoxy groups -OCH3 is 3. The molecule has 1 fully saturated rings. The fourth-order valence-corrected chi connectivity index (χ4v) is 4.69. The Morgan fingerprint density at radius 3 is 2.25 bits per heavy atom. The zero-order valence-electron chi connectivity index (χ0n) is 23.8. The molecule has 0 N–H and O–H groups in total. The lowest BCUT2D eigenvalue weighted by molar-refractivity contribution is -0.132. The molecular formula is C30H37N5O5. The van der Waals surface area contributed by atoms with Gasteiger partial charge in [0.15, 0.2) is 17.3 Å². The van der Waals surface area contributed by atoms with Crippen molar-refractivity contribution in [3.63, 3.8) is 0 Å². The molecule has 4 rings (SSSR count). The fraction of sp³-hybridized carbons (Fsp3) is 0.400. The molecule has 1 aliphatic rings. The van der Waals surface area contributed by atoms with Crippen LogP contribution in [0.2, 0.25) is 0 Å². The van der Waals surface area contributed by atoms with E-state index in [9.17, 15) is 9.59 Å². The Bertz CT molecular complexity index is 1310. The van der Waals surface area contributed by atoms with Crippen LogP contribution in [0.25, 0.3) is 11.3 Å². The van der Waals surface area contributed by atoms with Crippen molar-refractivity contribution < 1.29 is 23.8 Å². The van der Waals surface area contributed by atoms with Crippen LogP contribution >= 0.6 is 0 Å². The van der Waals surface area contributed by atoms with Crippen molar-refractivity contribution in [1.82, 2.24) is 20.0 Å². The van der Waals surface area contributed by atoms with Crippen molar-refractivity contribution in [3.8, 4) is 28.5 Å². The lowest BCUT2D eigenvalue weighted by atomic mass is 10.1. The van der Waals surface area contributed by atoms with Crippen molar-refractivity contribution >= 4 is 17.6 Å². The number of rotatable bonds is 10. The first-order valence-electron chi connectivity index (χ1n) is 13.3. The van der Waals surface area contributed by atoms with Gasteiger partial charge in [0, 0.05) is 43.9 Å². The average Bonchev–Trinajstić information content (AvgIpc) is 2.99. The van der Waals surface area contributed by atoms with E-state index in [1.165, 1.54) is 0 Å². The van der Waals surface area contributed by atoms with Gasteiger partial charge in [0.05, 0.1) is 27.0 Å². The highest BCUT2D eigenvalue weighted by Gasteiger charge is 2.26. The maximum absolute atomic E-state index is 13.3. The number of ether oxygens (including phenoxy) is 3. The molecule has 3 aromatic rings. The molecule has 1 aromatic heterocycles. The monoisotopic (exact) mass is 547 g/mol. The zero-order chi connectivity index (χ0) is 28.6. The van der Waals surface area contributed by atoms with Crippen LogP contribution in [0.1, 0.15) is 24.2 Å². The molecular weight excluding hydrogens is 510 g/mol. The van der Waals surface area contributed by atoms with E-state index in [1.54, 1.807) is 50.5 Å². The lowest BCUT2D eigenvalue weighted by Gasteiger charge is -2.36. The molecule has 40 heavy (non-hydrogen) atoms. The molecule has 0 bridgehead atoms. The highest BCUT2D eigenvalue weighted by molar-refractivity contribution is 5.97. The second kappa shape index (κ2) is 13.1. The molecule has 0 aliphatic carbocycles. The predicted octanol–water partition coefficient (Wildman–Crippen LogP) is 3.62. The largest absolute Gasteiger partial charge is 0.497 e. The van der Waals surface area contributed by atoms with Crippen LogP contribution in [0.3, 0.4) is 0 Å². The molecule has 0 unspecified atom stereocenters. The lowest BCUT2D eigenvalue weighted by Crippen LogP contribution is -2.52. The van der Waals surface area contributed by atoms with Gasteiger partial charge < -0.3 is 28.9 Å². The Morgan fingerprint density at radius 2 is 1.62 bits per heavy atom. The summed E-state index contributed by atoms with van der Waals surface area (Å²) in [6.45, 7) is 6.94. The third-order valence-corrected chi connectivity index (χ3v) is 6.80. The second-order valence-electron chi connectivity index (χ2n) is 10.0. The Labute approximate surface area is 235 Å². The molecule has 0 spiro atoms. The summed E-state index contributed by atoms with van der Waals surface area (Å²) in [6, 6.07) is 16.5. The highest BCUT2D eigenvalue weighted by Crippen LogP contribution is 2.31. The Balaban J connectivity index is 1.36. The van der Waals surface area contributed by atoms with E-state index in [2.05, 4.69) is 15.1 Å². The maximum Gasteiger partial charge on any atom is 0.254 e. The minimum absolute atomic E-state index is 0.0358. The number of piperazine rings is 1. The van der Waals surface area contributed by atoms with Crippen molar-refractivity contribution in [2.45, 2.75) is 13.8 Å². The quantitative estimate of drug-likeness (QED) is 0.380. The number of aromatic nitrogens is 2. The number of nitrogens with zero attached hydrogens (tertiary/aromatic N) is 5. The normalized spacial score (nSPS) is 13.2. The van der Waals surface area contributed by atoms with Crippen molar-refractivity contribution in [2.24, 2.45) is 5.92 Å². The van der Waals surface area contributed by atoms with E-state index in [-0.39, 0.29) is 24.3 Å². The molecule has 2 aromatic carbocycles. The van der Waals surface area contributed by atoms with Gasteiger partial charge in [-0.1, -0.05) is 19.9 Å². The smallest absolute Gasteiger partial charge is 0.254 e. The van der Waals surface area contributed by atoms with Gasteiger partial charge in [-0.05, 0) is 54.4 Å². The van der Waals surface area contributed by atoms with E-state index in [0.717, 1.165) is 17.1 Å². The predicted molar refractivity (Wildman–Crippen MR) is 153 cm³/mol. The van der Waals surface area contributed by atoms with Gasteiger partial charge in [0.2, 0.25) is 5.91 Å². The topological polar surface area (TPSA) is 97.3 Å². The van der Waals surface area contributed by atoms with Gasteiger partial charge in [0.25, 0.3) is 5.91 Å². The van der Waals surface area contributed by atoms with Crippen LogP contribution in [0.15, 0.2) is 54.6 Å². The van der Waals surface area contributed by atoms with E-state index in [1.807, 2.05) is 49.1 Å². The molecule has 0 saturated carbocycles.